The second-order valence-corrected chi connectivity index (χ2v) is 5.04. The molecule has 8 heteroatoms. The van der Waals surface area contributed by atoms with E-state index in [9.17, 15) is 19.1 Å². The molecule has 1 aromatic carbocycles. The lowest BCUT2D eigenvalue weighted by atomic mass is 10.2. The Morgan fingerprint density at radius 3 is 2.36 bits per heavy atom. The molecule has 0 saturated carbocycles. The molecule has 0 atom stereocenters. The maximum atomic E-state index is 13.2. The van der Waals surface area contributed by atoms with E-state index in [1.807, 2.05) is 0 Å². The Kier molecular flexibility index (Phi) is 5.76. The van der Waals surface area contributed by atoms with E-state index in [4.69, 9.17) is 14.6 Å². The highest BCUT2D eigenvalue weighted by Crippen LogP contribution is 2.40. The number of aromatic nitrogens is 1. The Hall–Kier alpha value is -2.87. The standard InChI is InChI=1S/C17H18FNO6/c1-3-24-17(23)14-16(25-9-8-20)15(22)13(10(2)21)19(14)12-6-4-11(18)5-7-12/h4-7,20,22H,3,8-9H2,1-2H3. The van der Waals surface area contributed by atoms with Gasteiger partial charge in [0.2, 0.25) is 0 Å². The highest BCUT2D eigenvalue weighted by Gasteiger charge is 2.32. The van der Waals surface area contributed by atoms with Crippen molar-refractivity contribution in [2.45, 2.75) is 13.8 Å². The molecule has 134 valence electrons. The summed E-state index contributed by atoms with van der Waals surface area (Å²) in [6.45, 7) is 2.30. The second-order valence-electron chi connectivity index (χ2n) is 5.04. The van der Waals surface area contributed by atoms with E-state index < -0.39 is 23.3 Å². The Labute approximate surface area is 143 Å². The molecule has 2 N–H and O–H groups in total. The number of aliphatic hydroxyl groups is 1. The van der Waals surface area contributed by atoms with Crippen LogP contribution in [-0.2, 0) is 4.74 Å². The predicted octanol–water partition coefficient (Wildman–Crippen LogP) is 2.07. The fourth-order valence-electron chi connectivity index (χ4n) is 2.38. The zero-order valence-electron chi connectivity index (χ0n) is 13.8. The summed E-state index contributed by atoms with van der Waals surface area (Å²) < 4.78 is 24.6. The molecule has 0 aliphatic heterocycles. The molecule has 0 amide bonds. The SMILES string of the molecule is CCOC(=O)c1c(OCCO)c(O)c(C(C)=O)n1-c1ccc(F)cc1. The molecule has 2 aromatic rings. The number of nitrogens with zero attached hydrogens (tertiary/aromatic N) is 1. The van der Waals surface area contributed by atoms with E-state index in [2.05, 4.69) is 0 Å². The quantitative estimate of drug-likeness (QED) is 0.585. The summed E-state index contributed by atoms with van der Waals surface area (Å²) in [6, 6.07) is 5.00. The number of aromatic hydroxyl groups is 1. The summed E-state index contributed by atoms with van der Waals surface area (Å²) in [5.41, 5.74) is -0.156. The third kappa shape index (κ3) is 3.63. The van der Waals surface area contributed by atoms with Gasteiger partial charge in [0.05, 0.1) is 13.2 Å². The minimum Gasteiger partial charge on any atom is -0.503 e. The number of Topliss-reactive ketones (excluding diaryl/α,β-unsaturated/α-hetero) is 1. The maximum Gasteiger partial charge on any atom is 0.359 e. The molecule has 0 fully saturated rings. The number of hydrogen-bond acceptors (Lipinski definition) is 6. The number of esters is 1. The normalized spacial score (nSPS) is 10.6. The van der Waals surface area contributed by atoms with Crippen molar-refractivity contribution in [1.82, 2.24) is 4.57 Å². The zero-order valence-corrected chi connectivity index (χ0v) is 13.8. The van der Waals surface area contributed by atoms with Gasteiger partial charge in [0.1, 0.15) is 18.1 Å². The van der Waals surface area contributed by atoms with Gasteiger partial charge < -0.3 is 19.7 Å². The highest BCUT2D eigenvalue weighted by molar-refractivity contribution is 6.02. The summed E-state index contributed by atoms with van der Waals surface area (Å²) in [5.74, 6) is -2.69. The molecule has 1 aromatic heterocycles. The molecule has 0 unspecified atom stereocenters. The zero-order chi connectivity index (χ0) is 18.6. The molecule has 25 heavy (non-hydrogen) atoms. The summed E-state index contributed by atoms with van der Waals surface area (Å²) >= 11 is 0. The van der Waals surface area contributed by atoms with Gasteiger partial charge in [0.15, 0.2) is 23.0 Å². The Morgan fingerprint density at radius 1 is 1.20 bits per heavy atom. The van der Waals surface area contributed by atoms with Crippen molar-refractivity contribution in [3.63, 3.8) is 0 Å². The van der Waals surface area contributed by atoms with Crippen LogP contribution in [0, 0.1) is 5.82 Å². The van der Waals surface area contributed by atoms with Gasteiger partial charge in [-0.15, -0.1) is 0 Å². The van der Waals surface area contributed by atoms with E-state index in [-0.39, 0.29) is 42.6 Å². The number of benzene rings is 1. The van der Waals surface area contributed by atoms with Crippen molar-refractivity contribution < 1.29 is 33.7 Å². The van der Waals surface area contributed by atoms with Crippen LogP contribution in [-0.4, -0.2) is 46.4 Å². The monoisotopic (exact) mass is 351 g/mol. The third-order valence-corrected chi connectivity index (χ3v) is 3.33. The van der Waals surface area contributed by atoms with Gasteiger partial charge in [-0.3, -0.25) is 9.36 Å². The van der Waals surface area contributed by atoms with Crippen LogP contribution in [0.3, 0.4) is 0 Å². The first-order chi connectivity index (χ1) is 11.9. The molecule has 0 saturated heterocycles. The lowest BCUT2D eigenvalue weighted by molar-refractivity contribution is 0.0510. The lowest BCUT2D eigenvalue weighted by Crippen LogP contribution is -2.15. The van der Waals surface area contributed by atoms with Gasteiger partial charge >= 0.3 is 5.97 Å². The second kappa shape index (κ2) is 7.80. The summed E-state index contributed by atoms with van der Waals surface area (Å²) in [5, 5.41) is 19.3. The number of halogens is 1. The van der Waals surface area contributed by atoms with E-state index in [1.54, 1.807) is 6.92 Å². The Balaban J connectivity index is 2.78. The summed E-state index contributed by atoms with van der Waals surface area (Å²) in [6.07, 6.45) is 0. The molecular formula is C17H18FNO6. The van der Waals surface area contributed by atoms with Crippen molar-refractivity contribution in [2.24, 2.45) is 0 Å². The van der Waals surface area contributed by atoms with Gasteiger partial charge in [-0.1, -0.05) is 0 Å². The first-order valence-corrected chi connectivity index (χ1v) is 7.57. The fourth-order valence-corrected chi connectivity index (χ4v) is 2.38. The number of aliphatic hydroxyl groups excluding tert-OH is 1. The smallest absolute Gasteiger partial charge is 0.359 e. The first-order valence-electron chi connectivity index (χ1n) is 7.57. The van der Waals surface area contributed by atoms with Crippen molar-refractivity contribution in [1.29, 1.82) is 0 Å². The van der Waals surface area contributed by atoms with E-state index in [1.165, 1.54) is 19.1 Å². The number of ketones is 1. The number of hydrogen-bond donors (Lipinski definition) is 2. The van der Waals surface area contributed by atoms with Crippen LogP contribution in [0.15, 0.2) is 24.3 Å². The predicted molar refractivity (Wildman–Crippen MR) is 85.9 cm³/mol. The molecule has 1 heterocycles. The number of carbonyl (C=O) groups is 2. The minimum absolute atomic E-state index is 0.0586. The largest absolute Gasteiger partial charge is 0.503 e. The van der Waals surface area contributed by atoms with Crippen LogP contribution < -0.4 is 4.74 Å². The van der Waals surface area contributed by atoms with Gasteiger partial charge in [0.25, 0.3) is 0 Å². The minimum atomic E-state index is -0.831. The molecule has 0 aliphatic carbocycles. The van der Waals surface area contributed by atoms with Crippen LogP contribution in [0.25, 0.3) is 5.69 Å². The molecule has 2 rings (SSSR count). The molecule has 0 spiro atoms. The Morgan fingerprint density at radius 2 is 1.84 bits per heavy atom. The Bertz CT molecular complexity index is 781. The van der Waals surface area contributed by atoms with Crippen LogP contribution in [0.4, 0.5) is 4.39 Å². The van der Waals surface area contributed by atoms with Gasteiger partial charge in [-0.25, -0.2) is 9.18 Å². The van der Waals surface area contributed by atoms with Crippen molar-refractivity contribution in [3.05, 3.63) is 41.5 Å². The van der Waals surface area contributed by atoms with E-state index in [0.717, 1.165) is 16.7 Å². The number of rotatable bonds is 7. The average molecular weight is 351 g/mol. The van der Waals surface area contributed by atoms with E-state index >= 15 is 0 Å². The van der Waals surface area contributed by atoms with Gasteiger partial charge in [-0.05, 0) is 31.2 Å². The topological polar surface area (TPSA) is 98.0 Å². The number of carbonyl (C=O) groups excluding carboxylic acids is 2. The van der Waals surface area contributed by atoms with Crippen molar-refractivity contribution >= 4 is 11.8 Å². The van der Waals surface area contributed by atoms with Crippen LogP contribution in [0.2, 0.25) is 0 Å². The first kappa shape index (κ1) is 18.5. The summed E-state index contributed by atoms with van der Waals surface area (Å²) in [7, 11) is 0. The maximum absolute atomic E-state index is 13.2. The van der Waals surface area contributed by atoms with Gasteiger partial charge in [-0.2, -0.15) is 0 Å². The highest BCUT2D eigenvalue weighted by atomic mass is 19.1. The van der Waals surface area contributed by atoms with Crippen LogP contribution >= 0.6 is 0 Å². The van der Waals surface area contributed by atoms with Crippen LogP contribution in [0.5, 0.6) is 11.5 Å². The molecule has 7 nitrogen and oxygen atoms in total. The molecule has 0 aliphatic rings. The molecule has 0 bridgehead atoms. The summed E-state index contributed by atoms with van der Waals surface area (Å²) in [4.78, 5) is 24.4. The number of ether oxygens (including phenoxy) is 2. The van der Waals surface area contributed by atoms with E-state index in [0.29, 0.717) is 0 Å². The average Bonchev–Trinajstić information content (AvgIpc) is 2.86. The third-order valence-electron chi connectivity index (χ3n) is 3.33. The fraction of sp³-hybridized carbons (Fsp3) is 0.294. The van der Waals surface area contributed by atoms with Gasteiger partial charge in [0, 0.05) is 12.6 Å². The molecule has 0 radical (unpaired) electrons. The van der Waals surface area contributed by atoms with Crippen LogP contribution in [0.1, 0.15) is 34.8 Å². The molecular weight excluding hydrogens is 333 g/mol. The van der Waals surface area contributed by atoms with Crippen molar-refractivity contribution in [3.8, 4) is 17.2 Å². The van der Waals surface area contributed by atoms with Crippen molar-refractivity contribution in [2.75, 3.05) is 19.8 Å². The lowest BCUT2D eigenvalue weighted by Gasteiger charge is -2.12.